The molecule has 1 amide bonds. The number of ether oxygens (including phenoxy) is 1. The summed E-state index contributed by atoms with van der Waals surface area (Å²) in [5, 5.41) is 2.45. The SMILES string of the molecule is COC(=O)N[C@@H](C=O)C1=CCC=CC1. The number of alkyl carbamates (subject to hydrolysis) is 1. The van der Waals surface area contributed by atoms with Crippen LogP contribution in [-0.2, 0) is 9.53 Å². The molecule has 0 fully saturated rings. The minimum atomic E-state index is -0.586. The van der Waals surface area contributed by atoms with Gasteiger partial charge in [0.2, 0.25) is 0 Å². The second-order valence-corrected chi connectivity index (χ2v) is 2.94. The first kappa shape index (κ1) is 10.5. The number of aldehydes is 1. The van der Waals surface area contributed by atoms with E-state index in [9.17, 15) is 9.59 Å². The summed E-state index contributed by atoms with van der Waals surface area (Å²) in [4.78, 5) is 21.6. The summed E-state index contributed by atoms with van der Waals surface area (Å²) < 4.78 is 4.42. The van der Waals surface area contributed by atoms with E-state index in [4.69, 9.17) is 0 Å². The predicted molar refractivity (Wildman–Crippen MR) is 51.8 cm³/mol. The Morgan fingerprint density at radius 2 is 2.43 bits per heavy atom. The van der Waals surface area contributed by atoms with Gasteiger partial charge >= 0.3 is 6.09 Å². The van der Waals surface area contributed by atoms with Gasteiger partial charge < -0.3 is 14.8 Å². The number of allylic oxidation sites excluding steroid dienone is 3. The molecule has 0 aromatic rings. The molecule has 1 aliphatic rings. The number of methoxy groups -OCH3 is 1. The molecule has 0 saturated carbocycles. The highest BCUT2D eigenvalue weighted by atomic mass is 16.5. The summed E-state index contributed by atoms with van der Waals surface area (Å²) >= 11 is 0. The van der Waals surface area contributed by atoms with Crippen molar-refractivity contribution in [3.63, 3.8) is 0 Å². The number of amides is 1. The van der Waals surface area contributed by atoms with E-state index in [1.54, 1.807) is 0 Å². The van der Waals surface area contributed by atoms with Crippen molar-refractivity contribution in [2.75, 3.05) is 7.11 Å². The second kappa shape index (κ2) is 5.21. The summed E-state index contributed by atoms with van der Waals surface area (Å²) in [7, 11) is 1.27. The molecular formula is C10H13NO3. The van der Waals surface area contributed by atoms with Gasteiger partial charge in [0.15, 0.2) is 0 Å². The van der Waals surface area contributed by atoms with E-state index in [0.717, 1.165) is 12.0 Å². The molecule has 4 heteroatoms. The zero-order valence-corrected chi connectivity index (χ0v) is 8.03. The Kier molecular flexibility index (Phi) is 3.91. The molecule has 0 saturated heterocycles. The van der Waals surface area contributed by atoms with Crippen LogP contribution in [0.5, 0.6) is 0 Å². The first-order valence-electron chi connectivity index (χ1n) is 4.41. The van der Waals surface area contributed by atoms with E-state index < -0.39 is 12.1 Å². The van der Waals surface area contributed by atoms with Crippen LogP contribution in [0.3, 0.4) is 0 Å². The van der Waals surface area contributed by atoms with Crippen molar-refractivity contribution < 1.29 is 14.3 Å². The molecule has 1 aliphatic carbocycles. The summed E-state index contributed by atoms with van der Waals surface area (Å²) in [6.07, 6.45) is 7.57. The van der Waals surface area contributed by atoms with Gasteiger partial charge in [0, 0.05) is 0 Å². The third kappa shape index (κ3) is 2.73. The van der Waals surface area contributed by atoms with Gasteiger partial charge in [-0.05, 0) is 18.4 Å². The van der Waals surface area contributed by atoms with Crippen LogP contribution in [0, 0.1) is 0 Å². The zero-order chi connectivity index (χ0) is 10.4. The maximum atomic E-state index is 10.9. The lowest BCUT2D eigenvalue weighted by Crippen LogP contribution is -2.37. The third-order valence-electron chi connectivity index (χ3n) is 2.03. The molecule has 1 N–H and O–H groups in total. The van der Waals surface area contributed by atoms with Crippen molar-refractivity contribution in [1.82, 2.24) is 5.32 Å². The number of carbonyl (C=O) groups excluding carboxylic acids is 2. The second-order valence-electron chi connectivity index (χ2n) is 2.94. The highest BCUT2D eigenvalue weighted by Gasteiger charge is 2.15. The summed E-state index contributed by atoms with van der Waals surface area (Å²) in [6, 6.07) is -0.563. The number of carbonyl (C=O) groups is 2. The molecule has 0 spiro atoms. The van der Waals surface area contributed by atoms with Gasteiger partial charge in [0.25, 0.3) is 0 Å². The average molecular weight is 195 g/mol. The molecule has 0 heterocycles. The first-order valence-corrected chi connectivity index (χ1v) is 4.41. The Morgan fingerprint density at radius 3 is 2.93 bits per heavy atom. The van der Waals surface area contributed by atoms with Crippen LogP contribution in [0.2, 0.25) is 0 Å². The third-order valence-corrected chi connectivity index (χ3v) is 2.03. The molecule has 0 aromatic heterocycles. The van der Waals surface area contributed by atoms with E-state index in [-0.39, 0.29) is 0 Å². The zero-order valence-electron chi connectivity index (χ0n) is 8.03. The molecule has 14 heavy (non-hydrogen) atoms. The van der Waals surface area contributed by atoms with Gasteiger partial charge in [-0.1, -0.05) is 18.2 Å². The van der Waals surface area contributed by atoms with Crippen LogP contribution in [0.1, 0.15) is 12.8 Å². The maximum Gasteiger partial charge on any atom is 0.407 e. The van der Waals surface area contributed by atoms with Gasteiger partial charge in [0.05, 0.1) is 7.11 Å². The molecule has 76 valence electrons. The lowest BCUT2D eigenvalue weighted by atomic mass is 9.99. The fourth-order valence-corrected chi connectivity index (χ4v) is 1.27. The molecule has 4 nitrogen and oxygen atoms in total. The van der Waals surface area contributed by atoms with Crippen molar-refractivity contribution in [3.8, 4) is 0 Å². The van der Waals surface area contributed by atoms with Crippen molar-refractivity contribution in [2.45, 2.75) is 18.9 Å². The molecule has 0 unspecified atom stereocenters. The van der Waals surface area contributed by atoms with E-state index in [0.29, 0.717) is 12.7 Å². The number of hydrogen-bond acceptors (Lipinski definition) is 3. The van der Waals surface area contributed by atoms with Crippen LogP contribution in [0.15, 0.2) is 23.8 Å². The average Bonchev–Trinajstić information content (AvgIpc) is 2.26. The van der Waals surface area contributed by atoms with E-state index in [1.165, 1.54) is 7.11 Å². The molecular weight excluding hydrogens is 182 g/mol. The predicted octanol–water partition coefficient (Wildman–Crippen LogP) is 1.19. The highest BCUT2D eigenvalue weighted by molar-refractivity contribution is 5.75. The Hall–Kier alpha value is -1.58. The summed E-state index contributed by atoms with van der Waals surface area (Å²) in [5.74, 6) is 0. The Morgan fingerprint density at radius 1 is 1.64 bits per heavy atom. The standard InChI is InChI=1S/C10H13NO3/c1-14-10(13)11-9(7-12)8-5-3-2-4-6-8/h2-3,6-7,9H,4-5H2,1H3,(H,11,13)/t9-/m0/s1. The minimum Gasteiger partial charge on any atom is -0.453 e. The number of rotatable bonds is 3. The Labute approximate surface area is 82.6 Å². The van der Waals surface area contributed by atoms with Crippen LogP contribution >= 0.6 is 0 Å². The molecule has 1 rings (SSSR count). The molecule has 1 atom stereocenters. The smallest absolute Gasteiger partial charge is 0.407 e. The lowest BCUT2D eigenvalue weighted by molar-refractivity contribution is -0.108. The highest BCUT2D eigenvalue weighted by Crippen LogP contribution is 2.13. The van der Waals surface area contributed by atoms with Crippen LogP contribution < -0.4 is 5.32 Å². The molecule has 0 aromatic carbocycles. The normalized spacial score (nSPS) is 16.8. The summed E-state index contributed by atoms with van der Waals surface area (Å²) in [5.41, 5.74) is 0.910. The van der Waals surface area contributed by atoms with Gasteiger partial charge in [-0.2, -0.15) is 0 Å². The van der Waals surface area contributed by atoms with Crippen molar-refractivity contribution in [1.29, 1.82) is 0 Å². The quantitative estimate of drug-likeness (QED) is 0.543. The maximum absolute atomic E-state index is 10.9. The van der Waals surface area contributed by atoms with Crippen LogP contribution in [0.4, 0.5) is 4.79 Å². The van der Waals surface area contributed by atoms with Gasteiger partial charge in [-0.15, -0.1) is 0 Å². The van der Waals surface area contributed by atoms with E-state index in [1.807, 2.05) is 18.2 Å². The fraction of sp³-hybridized carbons (Fsp3) is 0.400. The van der Waals surface area contributed by atoms with Gasteiger partial charge in [-0.3, -0.25) is 0 Å². The first-order chi connectivity index (χ1) is 6.77. The van der Waals surface area contributed by atoms with E-state index >= 15 is 0 Å². The Bertz CT molecular complexity index is 281. The monoisotopic (exact) mass is 195 g/mol. The van der Waals surface area contributed by atoms with E-state index in [2.05, 4.69) is 10.1 Å². The largest absolute Gasteiger partial charge is 0.453 e. The van der Waals surface area contributed by atoms with Crippen LogP contribution in [-0.4, -0.2) is 25.5 Å². The summed E-state index contributed by atoms with van der Waals surface area (Å²) in [6.45, 7) is 0. The lowest BCUT2D eigenvalue weighted by Gasteiger charge is -2.16. The molecule has 0 bridgehead atoms. The number of nitrogens with one attached hydrogen (secondary N) is 1. The molecule has 0 radical (unpaired) electrons. The molecule has 0 aliphatic heterocycles. The van der Waals surface area contributed by atoms with Crippen molar-refractivity contribution in [3.05, 3.63) is 23.8 Å². The van der Waals surface area contributed by atoms with Crippen molar-refractivity contribution in [2.24, 2.45) is 0 Å². The topological polar surface area (TPSA) is 55.4 Å². The van der Waals surface area contributed by atoms with Gasteiger partial charge in [0.1, 0.15) is 12.3 Å². The van der Waals surface area contributed by atoms with Crippen LogP contribution in [0.25, 0.3) is 0 Å². The number of hydrogen-bond donors (Lipinski definition) is 1. The fourth-order valence-electron chi connectivity index (χ4n) is 1.27. The minimum absolute atomic E-state index is 0.563. The van der Waals surface area contributed by atoms with Gasteiger partial charge in [-0.25, -0.2) is 4.79 Å². The Balaban J connectivity index is 2.57. The van der Waals surface area contributed by atoms with Crippen molar-refractivity contribution >= 4 is 12.4 Å².